The topological polar surface area (TPSA) is 128 Å². The van der Waals surface area contributed by atoms with Gasteiger partial charge in [-0.15, -0.1) is 0 Å². The predicted molar refractivity (Wildman–Crippen MR) is 131 cm³/mol. The van der Waals surface area contributed by atoms with Gasteiger partial charge < -0.3 is 10.0 Å². The molecule has 0 spiro atoms. The fourth-order valence-electron chi connectivity index (χ4n) is 4.46. The molecule has 0 bridgehead atoms. The van der Waals surface area contributed by atoms with Crippen LogP contribution >= 0.6 is 11.6 Å². The molecule has 1 saturated heterocycles. The number of aliphatic hydroxyl groups is 1. The Morgan fingerprint density at radius 1 is 1.25 bits per heavy atom. The maximum absolute atomic E-state index is 14.0. The van der Waals surface area contributed by atoms with Crippen LogP contribution in [0.2, 0.25) is 5.02 Å². The van der Waals surface area contributed by atoms with Crippen molar-refractivity contribution in [3.05, 3.63) is 73.9 Å². The first-order valence-corrected chi connectivity index (χ1v) is 11.5. The highest BCUT2D eigenvalue weighted by atomic mass is 35.5. The molecule has 9 nitrogen and oxygen atoms in total. The van der Waals surface area contributed by atoms with Gasteiger partial charge in [-0.2, -0.15) is 10.5 Å². The number of halogens is 2. The van der Waals surface area contributed by atoms with E-state index in [1.807, 2.05) is 12.1 Å². The zero-order chi connectivity index (χ0) is 26.2. The molecule has 184 valence electrons. The molecule has 1 N–H and O–H groups in total. The third-order valence-corrected chi connectivity index (χ3v) is 6.64. The second-order valence-electron chi connectivity index (χ2n) is 9.12. The number of hydrogen-bond acceptors (Lipinski definition) is 7. The molecule has 1 aliphatic rings. The molecule has 0 amide bonds. The van der Waals surface area contributed by atoms with Crippen molar-refractivity contribution in [1.82, 2.24) is 14.1 Å². The van der Waals surface area contributed by atoms with Gasteiger partial charge in [-0.1, -0.05) is 17.7 Å². The van der Waals surface area contributed by atoms with E-state index in [1.54, 1.807) is 18.7 Å². The van der Waals surface area contributed by atoms with Crippen molar-refractivity contribution in [2.75, 3.05) is 18.0 Å². The number of pyridine rings is 1. The van der Waals surface area contributed by atoms with Crippen LogP contribution in [0.5, 0.6) is 0 Å². The van der Waals surface area contributed by atoms with Gasteiger partial charge in [0, 0.05) is 25.2 Å². The summed E-state index contributed by atoms with van der Waals surface area (Å²) in [5.41, 5.74) is -2.08. The highest BCUT2D eigenvalue weighted by molar-refractivity contribution is 6.31. The smallest absolute Gasteiger partial charge is 0.338 e. The second kappa shape index (κ2) is 9.57. The number of rotatable bonds is 5. The van der Waals surface area contributed by atoms with Gasteiger partial charge in [0.15, 0.2) is 0 Å². The van der Waals surface area contributed by atoms with E-state index in [0.717, 1.165) is 10.6 Å². The Morgan fingerprint density at radius 3 is 2.61 bits per heavy atom. The quantitative estimate of drug-likeness (QED) is 0.561. The van der Waals surface area contributed by atoms with Crippen molar-refractivity contribution >= 4 is 17.4 Å². The van der Waals surface area contributed by atoms with E-state index in [9.17, 15) is 29.6 Å². The van der Waals surface area contributed by atoms with E-state index in [4.69, 9.17) is 11.6 Å². The molecule has 1 atom stereocenters. The van der Waals surface area contributed by atoms with Gasteiger partial charge in [0.1, 0.15) is 24.2 Å². The molecule has 3 aromatic rings. The van der Waals surface area contributed by atoms with E-state index in [2.05, 4.69) is 4.98 Å². The van der Waals surface area contributed by atoms with Crippen LogP contribution in [0.4, 0.5) is 10.2 Å². The Balaban J connectivity index is 2.09. The summed E-state index contributed by atoms with van der Waals surface area (Å²) in [6.45, 7) is 3.74. The van der Waals surface area contributed by atoms with Crippen LogP contribution < -0.4 is 16.1 Å². The molecule has 0 aliphatic carbocycles. The monoisotopic (exact) mass is 508 g/mol. The lowest BCUT2D eigenvalue weighted by molar-refractivity contribution is 0.0263. The van der Waals surface area contributed by atoms with Gasteiger partial charge in [-0.05, 0) is 44.0 Å². The lowest BCUT2D eigenvalue weighted by Crippen LogP contribution is -2.43. The van der Waals surface area contributed by atoms with E-state index in [-0.39, 0.29) is 45.7 Å². The van der Waals surface area contributed by atoms with E-state index in [1.165, 1.54) is 35.2 Å². The second-order valence-corrected chi connectivity index (χ2v) is 9.53. The Bertz CT molecular complexity index is 1540. The average molecular weight is 509 g/mol. The van der Waals surface area contributed by atoms with Crippen molar-refractivity contribution in [2.45, 2.75) is 32.4 Å². The molecule has 0 radical (unpaired) electrons. The Morgan fingerprint density at radius 2 is 2.00 bits per heavy atom. The van der Waals surface area contributed by atoms with Gasteiger partial charge in [0.05, 0.1) is 39.7 Å². The van der Waals surface area contributed by atoms with Crippen LogP contribution in [0, 0.1) is 34.4 Å². The third kappa shape index (κ3) is 4.49. The molecule has 1 aliphatic heterocycles. The number of aromatic nitrogens is 3. The fraction of sp³-hybridized carbons (Fsp3) is 0.320. The van der Waals surface area contributed by atoms with Crippen LogP contribution in [-0.4, -0.2) is 37.9 Å². The van der Waals surface area contributed by atoms with Crippen LogP contribution in [0.25, 0.3) is 16.8 Å². The summed E-state index contributed by atoms with van der Waals surface area (Å²) in [6, 6.07) is 9.01. The summed E-state index contributed by atoms with van der Waals surface area (Å²) in [6.07, 6.45) is 3.14. The number of nitrogens with zero attached hydrogens (tertiary/aromatic N) is 6. The van der Waals surface area contributed by atoms with Crippen LogP contribution in [0.3, 0.4) is 0 Å². The van der Waals surface area contributed by atoms with Crippen molar-refractivity contribution in [3.8, 4) is 29.0 Å². The van der Waals surface area contributed by atoms with Gasteiger partial charge in [-0.3, -0.25) is 14.3 Å². The molecule has 3 heterocycles. The van der Waals surface area contributed by atoms with Crippen molar-refractivity contribution in [3.63, 3.8) is 0 Å². The molecule has 11 heteroatoms. The first-order valence-electron chi connectivity index (χ1n) is 11.1. The van der Waals surface area contributed by atoms with Crippen LogP contribution in [0.15, 0.2) is 46.2 Å². The number of anilines is 1. The molecule has 36 heavy (non-hydrogen) atoms. The first-order chi connectivity index (χ1) is 17.1. The van der Waals surface area contributed by atoms with E-state index < -0.39 is 22.7 Å². The Hall–Kier alpha value is -3.99. The summed E-state index contributed by atoms with van der Waals surface area (Å²) >= 11 is 6.04. The highest BCUT2D eigenvalue weighted by Crippen LogP contribution is 2.35. The van der Waals surface area contributed by atoms with Crippen LogP contribution in [-0.2, 0) is 6.54 Å². The lowest BCUT2D eigenvalue weighted by Gasteiger charge is -2.29. The average Bonchev–Trinajstić information content (AvgIpc) is 3.33. The third-order valence-electron chi connectivity index (χ3n) is 6.35. The summed E-state index contributed by atoms with van der Waals surface area (Å²) in [4.78, 5) is 33.3. The van der Waals surface area contributed by atoms with E-state index in [0.29, 0.717) is 19.5 Å². The zero-order valence-corrected chi connectivity index (χ0v) is 20.3. The Labute approximate surface area is 210 Å². The van der Waals surface area contributed by atoms with Gasteiger partial charge in [0.25, 0.3) is 5.56 Å². The molecular weight excluding hydrogens is 487 g/mol. The van der Waals surface area contributed by atoms with Crippen molar-refractivity contribution in [2.24, 2.45) is 5.92 Å². The first kappa shape index (κ1) is 25.1. The molecule has 0 unspecified atom stereocenters. The number of benzene rings is 1. The normalized spacial score (nSPS) is 15.5. The number of hydrogen-bond donors (Lipinski definition) is 1. The summed E-state index contributed by atoms with van der Waals surface area (Å²) in [7, 11) is 0. The predicted octanol–water partition coefficient (Wildman–Crippen LogP) is 2.85. The molecule has 1 aromatic carbocycles. The van der Waals surface area contributed by atoms with Crippen molar-refractivity contribution < 1.29 is 9.50 Å². The summed E-state index contributed by atoms with van der Waals surface area (Å²) in [5.74, 6) is -0.657. The van der Waals surface area contributed by atoms with Gasteiger partial charge in [-0.25, -0.2) is 13.8 Å². The van der Waals surface area contributed by atoms with Gasteiger partial charge in [0.2, 0.25) is 0 Å². The molecular formula is C25H22ClFN6O3. The molecule has 1 fully saturated rings. The fourth-order valence-corrected chi connectivity index (χ4v) is 4.64. The van der Waals surface area contributed by atoms with Crippen molar-refractivity contribution in [1.29, 1.82) is 10.5 Å². The summed E-state index contributed by atoms with van der Waals surface area (Å²) in [5, 5.41) is 29.2. The molecule has 4 rings (SSSR count). The molecule has 2 aromatic heterocycles. The number of nitriles is 2. The summed E-state index contributed by atoms with van der Waals surface area (Å²) < 4.78 is 16.0. The lowest BCUT2D eigenvalue weighted by atomic mass is 9.90. The largest absolute Gasteiger partial charge is 0.390 e. The minimum atomic E-state index is -1.01. The zero-order valence-electron chi connectivity index (χ0n) is 19.6. The van der Waals surface area contributed by atoms with E-state index >= 15 is 0 Å². The maximum atomic E-state index is 14.0. The SMILES string of the molecule is CC(C)(O)[C@@H]1CCN(c2c(-c3ccc(F)c(Cl)c3)c(=O)n(-c3cncc(C#N)c3)c(=O)n2CC#N)C1. The standard InChI is InChI=1S/C25H22ClFN6O3/c1-25(2,36)17-5-7-31(14-17)22-21(16-3-4-20(27)19(26)10-16)23(34)33(24(35)32(22)8-6-28)18-9-15(11-29)12-30-13-18/h3-4,9-10,12-13,17,36H,5,7-8,14H2,1-2H3/t17-/m1/s1. The maximum Gasteiger partial charge on any atom is 0.338 e. The minimum absolute atomic E-state index is 0.0329. The van der Waals surface area contributed by atoms with Gasteiger partial charge >= 0.3 is 5.69 Å². The van der Waals surface area contributed by atoms with Crippen LogP contribution in [0.1, 0.15) is 25.8 Å². The highest BCUT2D eigenvalue weighted by Gasteiger charge is 2.36. The molecule has 0 saturated carbocycles. The Kier molecular flexibility index (Phi) is 6.68. The minimum Gasteiger partial charge on any atom is -0.390 e.